The van der Waals surface area contributed by atoms with Gasteiger partial charge in [0, 0.05) is 10.5 Å². The van der Waals surface area contributed by atoms with Crippen LogP contribution in [-0.2, 0) is 0 Å². The number of carbonyl (C=O) groups excluding carboxylic acids is 1. The molecule has 4 heteroatoms. The van der Waals surface area contributed by atoms with Gasteiger partial charge in [-0.2, -0.15) is 0 Å². The van der Waals surface area contributed by atoms with Crippen LogP contribution in [-0.4, -0.2) is 13.0 Å². The van der Waals surface area contributed by atoms with Crippen LogP contribution in [0.3, 0.4) is 0 Å². The first-order valence-electron chi connectivity index (χ1n) is 7.98. The third kappa shape index (κ3) is 4.64. The Balaban J connectivity index is 1.81. The lowest BCUT2D eigenvalue weighted by Gasteiger charge is -2.19. The molecule has 25 heavy (non-hydrogen) atoms. The average Bonchev–Trinajstić information content (AvgIpc) is 2.69. The summed E-state index contributed by atoms with van der Waals surface area (Å²) in [5.74, 6) is 0.726. The van der Waals surface area contributed by atoms with Crippen LogP contribution < -0.4 is 10.1 Å². The molecule has 0 bridgehead atoms. The van der Waals surface area contributed by atoms with Crippen molar-refractivity contribution in [2.75, 3.05) is 7.11 Å². The standard InChI is InChI=1S/C21H19NO2S/c1-24-18-12-14-19(15-13-18)25-21(17-10-6-3-7-11-17)22-20(23)16-8-4-2-5-9-16/h2-15,21H,1H3,(H,22,23)/t21-/m1/s1. The Bertz CT molecular complexity index is 804. The Morgan fingerprint density at radius 1 is 0.880 bits per heavy atom. The van der Waals surface area contributed by atoms with Gasteiger partial charge in [0.2, 0.25) is 0 Å². The van der Waals surface area contributed by atoms with Gasteiger partial charge in [-0.05, 0) is 42.0 Å². The Morgan fingerprint density at radius 3 is 2.08 bits per heavy atom. The summed E-state index contributed by atoms with van der Waals surface area (Å²) >= 11 is 1.60. The minimum Gasteiger partial charge on any atom is -0.497 e. The van der Waals surface area contributed by atoms with Gasteiger partial charge in [-0.25, -0.2) is 0 Å². The Morgan fingerprint density at radius 2 is 1.48 bits per heavy atom. The number of hydrogen-bond donors (Lipinski definition) is 1. The molecule has 0 spiro atoms. The summed E-state index contributed by atoms with van der Waals surface area (Å²) in [4.78, 5) is 13.6. The van der Waals surface area contributed by atoms with Gasteiger partial charge in [-0.3, -0.25) is 4.79 Å². The molecule has 3 aromatic rings. The number of benzene rings is 3. The van der Waals surface area contributed by atoms with E-state index in [-0.39, 0.29) is 11.3 Å². The predicted molar refractivity (Wildman–Crippen MR) is 102 cm³/mol. The second kappa shape index (κ2) is 8.40. The molecular weight excluding hydrogens is 330 g/mol. The Labute approximate surface area is 152 Å². The largest absolute Gasteiger partial charge is 0.497 e. The summed E-state index contributed by atoms with van der Waals surface area (Å²) in [6.07, 6.45) is 0. The van der Waals surface area contributed by atoms with Crippen molar-refractivity contribution in [3.05, 3.63) is 96.1 Å². The van der Waals surface area contributed by atoms with Gasteiger partial charge in [0.15, 0.2) is 0 Å². The van der Waals surface area contributed by atoms with Crippen molar-refractivity contribution in [3.63, 3.8) is 0 Å². The maximum Gasteiger partial charge on any atom is 0.252 e. The number of hydrogen-bond acceptors (Lipinski definition) is 3. The predicted octanol–water partition coefficient (Wildman–Crippen LogP) is 4.92. The van der Waals surface area contributed by atoms with Crippen LogP contribution in [0.5, 0.6) is 5.75 Å². The van der Waals surface area contributed by atoms with E-state index < -0.39 is 0 Å². The molecule has 0 aliphatic rings. The van der Waals surface area contributed by atoms with Crippen molar-refractivity contribution in [1.29, 1.82) is 0 Å². The number of carbonyl (C=O) groups is 1. The first kappa shape index (κ1) is 17.1. The number of nitrogens with one attached hydrogen (secondary N) is 1. The number of ether oxygens (including phenoxy) is 1. The first-order valence-corrected chi connectivity index (χ1v) is 8.86. The molecule has 3 nitrogen and oxygen atoms in total. The monoisotopic (exact) mass is 349 g/mol. The SMILES string of the molecule is COc1ccc(S[C@@H](NC(=O)c2ccccc2)c2ccccc2)cc1. The smallest absolute Gasteiger partial charge is 0.252 e. The van der Waals surface area contributed by atoms with Crippen molar-refractivity contribution < 1.29 is 9.53 Å². The van der Waals surface area contributed by atoms with Crippen molar-refractivity contribution in [1.82, 2.24) is 5.32 Å². The summed E-state index contributed by atoms with van der Waals surface area (Å²) in [6.45, 7) is 0. The van der Waals surface area contributed by atoms with Crippen molar-refractivity contribution in [2.45, 2.75) is 10.3 Å². The fraction of sp³-hybridized carbons (Fsp3) is 0.0952. The molecule has 0 fully saturated rings. The van der Waals surface area contributed by atoms with Crippen LogP contribution in [0.4, 0.5) is 0 Å². The minimum atomic E-state index is -0.178. The number of methoxy groups -OCH3 is 1. The van der Waals surface area contributed by atoms with Gasteiger partial charge in [0.05, 0.1) is 7.11 Å². The number of thioether (sulfide) groups is 1. The van der Waals surface area contributed by atoms with E-state index in [1.165, 1.54) is 0 Å². The lowest BCUT2D eigenvalue weighted by atomic mass is 10.2. The molecule has 1 amide bonds. The van der Waals surface area contributed by atoms with Crippen LogP contribution in [0.1, 0.15) is 21.3 Å². The van der Waals surface area contributed by atoms with E-state index in [1.807, 2.05) is 84.9 Å². The third-order valence-corrected chi connectivity index (χ3v) is 4.88. The van der Waals surface area contributed by atoms with Crippen LogP contribution in [0, 0.1) is 0 Å². The van der Waals surface area contributed by atoms with Crippen LogP contribution >= 0.6 is 11.8 Å². The molecule has 0 unspecified atom stereocenters. The summed E-state index contributed by atoms with van der Waals surface area (Å²) in [5.41, 5.74) is 1.70. The molecule has 3 rings (SSSR count). The van der Waals surface area contributed by atoms with Gasteiger partial charge < -0.3 is 10.1 Å². The molecule has 0 aliphatic carbocycles. The minimum absolute atomic E-state index is 0.0875. The molecule has 0 saturated heterocycles. The lowest BCUT2D eigenvalue weighted by molar-refractivity contribution is 0.0949. The molecule has 0 radical (unpaired) electrons. The van der Waals surface area contributed by atoms with Crippen LogP contribution in [0.2, 0.25) is 0 Å². The Kier molecular flexibility index (Phi) is 5.75. The highest BCUT2D eigenvalue weighted by Gasteiger charge is 2.17. The van der Waals surface area contributed by atoms with Gasteiger partial charge in [0.25, 0.3) is 5.91 Å². The third-order valence-electron chi connectivity index (χ3n) is 3.71. The van der Waals surface area contributed by atoms with Gasteiger partial charge >= 0.3 is 0 Å². The normalized spacial score (nSPS) is 11.6. The quantitative estimate of drug-likeness (QED) is 0.507. The summed E-state index contributed by atoms with van der Waals surface area (Å²) in [7, 11) is 1.65. The number of rotatable bonds is 6. The van der Waals surface area contributed by atoms with E-state index in [0.29, 0.717) is 5.56 Å². The molecular formula is C21H19NO2S. The fourth-order valence-corrected chi connectivity index (χ4v) is 3.42. The second-order valence-corrected chi connectivity index (χ2v) is 6.60. The van der Waals surface area contributed by atoms with Gasteiger partial charge in [-0.1, -0.05) is 60.3 Å². The van der Waals surface area contributed by atoms with E-state index >= 15 is 0 Å². The lowest BCUT2D eigenvalue weighted by Crippen LogP contribution is -2.26. The molecule has 1 N–H and O–H groups in total. The van der Waals surface area contributed by atoms with E-state index in [9.17, 15) is 4.79 Å². The molecule has 3 aromatic carbocycles. The highest BCUT2D eigenvalue weighted by Crippen LogP contribution is 2.34. The summed E-state index contributed by atoms with van der Waals surface area (Å²) in [6, 6.07) is 27.1. The molecule has 0 saturated carbocycles. The molecule has 0 aromatic heterocycles. The molecule has 126 valence electrons. The highest BCUT2D eigenvalue weighted by molar-refractivity contribution is 7.99. The van der Waals surface area contributed by atoms with Gasteiger partial charge in [0.1, 0.15) is 11.1 Å². The first-order chi connectivity index (χ1) is 12.3. The molecule has 1 atom stereocenters. The van der Waals surface area contributed by atoms with E-state index in [2.05, 4.69) is 5.32 Å². The summed E-state index contributed by atoms with van der Waals surface area (Å²) < 4.78 is 5.20. The maximum atomic E-state index is 12.6. The number of amides is 1. The van der Waals surface area contributed by atoms with Crippen LogP contribution in [0.15, 0.2) is 89.8 Å². The van der Waals surface area contributed by atoms with Gasteiger partial charge in [-0.15, -0.1) is 0 Å². The fourth-order valence-electron chi connectivity index (χ4n) is 2.39. The van der Waals surface area contributed by atoms with E-state index in [4.69, 9.17) is 4.74 Å². The van der Waals surface area contributed by atoms with Crippen molar-refractivity contribution in [3.8, 4) is 5.75 Å². The van der Waals surface area contributed by atoms with Crippen molar-refractivity contribution in [2.24, 2.45) is 0 Å². The maximum absolute atomic E-state index is 12.6. The molecule has 0 aliphatic heterocycles. The zero-order valence-electron chi connectivity index (χ0n) is 13.9. The summed E-state index contributed by atoms with van der Waals surface area (Å²) in [5, 5.41) is 2.94. The van der Waals surface area contributed by atoms with Crippen LogP contribution in [0.25, 0.3) is 0 Å². The second-order valence-electron chi connectivity index (χ2n) is 5.42. The molecule has 0 heterocycles. The zero-order chi connectivity index (χ0) is 17.5. The van der Waals surface area contributed by atoms with E-state index in [1.54, 1.807) is 18.9 Å². The van der Waals surface area contributed by atoms with Crippen molar-refractivity contribution >= 4 is 17.7 Å². The Hall–Kier alpha value is -2.72. The zero-order valence-corrected chi connectivity index (χ0v) is 14.7. The van der Waals surface area contributed by atoms with E-state index in [0.717, 1.165) is 16.2 Å². The highest BCUT2D eigenvalue weighted by atomic mass is 32.2. The topological polar surface area (TPSA) is 38.3 Å². The average molecular weight is 349 g/mol.